The first-order valence-electron chi connectivity index (χ1n) is 18.1. The van der Waals surface area contributed by atoms with Crippen LogP contribution in [-0.2, 0) is 19.1 Å². The third kappa shape index (κ3) is 6.67. The fourth-order valence-electron chi connectivity index (χ4n) is 7.57. The van der Waals surface area contributed by atoms with Gasteiger partial charge in [0, 0.05) is 24.1 Å². The Morgan fingerprint density at radius 2 is 1.36 bits per heavy atom. The Hall–Kier alpha value is -5.51. The number of allylic oxidation sites excluding steroid dienone is 10. The van der Waals surface area contributed by atoms with E-state index in [4.69, 9.17) is 29.2 Å². The number of hydrogen-bond acceptors (Lipinski definition) is 10. The molecule has 0 radical (unpaired) electrons. The van der Waals surface area contributed by atoms with Gasteiger partial charge in [-0.2, -0.15) is 0 Å². The maximum absolute atomic E-state index is 12.3. The normalized spacial score (nSPS) is 21.0. The molecule has 53 heavy (non-hydrogen) atoms. The van der Waals surface area contributed by atoms with E-state index >= 15 is 0 Å². The summed E-state index contributed by atoms with van der Waals surface area (Å²) in [7, 11) is 4.42. The number of aliphatic hydroxyl groups excluding tert-OH is 1. The van der Waals surface area contributed by atoms with Gasteiger partial charge in [0.05, 0.1) is 66.7 Å². The van der Waals surface area contributed by atoms with Crippen molar-refractivity contribution in [1.82, 2.24) is 5.32 Å². The highest BCUT2D eigenvalue weighted by molar-refractivity contribution is 6.34. The summed E-state index contributed by atoms with van der Waals surface area (Å²) in [6.45, 7) is 12.4. The molecule has 1 aromatic rings. The van der Waals surface area contributed by atoms with E-state index in [0.717, 1.165) is 79.6 Å². The summed E-state index contributed by atoms with van der Waals surface area (Å²) < 4.78 is 15.5. The van der Waals surface area contributed by atoms with Gasteiger partial charge in [0.2, 0.25) is 0 Å². The molecule has 1 aromatic carbocycles. The number of aliphatic hydroxyl groups is 1. The molecule has 8 bridgehead atoms. The summed E-state index contributed by atoms with van der Waals surface area (Å²) in [4.78, 5) is 40.3. The maximum Gasteiger partial charge on any atom is 0.305 e. The minimum atomic E-state index is -0.771. The van der Waals surface area contributed by atoms with Gasteiger partial charge in [0.15, 0.2) is 0 Å². The van der Waals surface area contributed by atoms with Crippen LogP contribution in [0.4, 0.5) is 0 Å². The first-order chi connectivity index (χ1) is 25.4. The van der Waals surface area contributed by atoms with Crippen molar-refractivity contribution in [3.63, 3.8) is 0 Å². The van der Waals surface area contributed by atoms with E-state index in [0.29, 0.717) is 42.1 Å². The lowest BCUT2D eigenvalue weighted by Crippen LogP contribution is -2.25. The highest BCUT2D eigenvalue weighted by atomic mass is 16.5. The van der Waals surface area contributed by atoms with Gasteiger partial charge >= 0.3 is 11.9 Å². The van der Waals surface area contributed by atoms with E-state index in [1.165, 1.54) is 14.2 Å². The topological polar surface area (TPSA) is 131 Å². The number of esters is 2. The molecule has 6 rings (SSSR count). The fourth-order valence-corrected chi connectivity index (χ4v) is 7.57. The molecular formula is C43H48N4O6. The maximum atomic E-state index is 12.3. The van der Waals surface area contributed by atoms with Crippen LogP contribution in [-0.4, -0.2) is 55.5 Å². The fraction of sp³-hybridized carbons (Fsp3) is 0.372. The zero-order chi connectivity index (χ0) is 38.2. The van der Waals surface area contributed by atoms with Crippen molar-refractivity contribution < 1.29 is 28.9 Å². The predicted octanol–water partition coefficient (Wildman–Crippen LogP) is 8.49. The molecule has 1 atom stereocenters. The molecule has 0 saturated carbocycles. The molecule has 5 heterocycles. The van der Waals surface area contributed by atoms with Gasteiger partial charge in [-0.1, -0.05) is 26.0 Å². The number of ether oxygens (including phenoxy) is 3. The molecule has 0 spiro atoms. The molecule has 0 fully saturated rings. The van der Waals surface area contributed by atoms with E-state index in [1.807, 2.05) is 56.3 Å². The second kappa shape index (κ2) is 14.8. The quantitative estimate of drug-likeness (QED) is 0.232. The number of methoxy groups -OCH3 is 3. The monoisotopic (exact) mass is 716 g/mol. The van der Waals surface area contributed by atoms with Gasteiger partial charge in [0.1, 0.15) is 11.5 Å². The van der Waals surface area contributed by atoms with Crippen molar-refractivity contribution in [2.45, 2.75) is 80.1 Å². The molecule has 1 unspecified atom stereocenters. The summed E-state index contributed by atoms with van der Waals surface area (Å²) in [6.07, 6.45) is 8.41. The number of carbonyl (C=O) groups is 2. The van der Waals surface area contributed by atoms with E-state index in [9.17, 15) is 14.7 Å². The second-order valence-electron chi connectivity index (χ2n) is 13.9. The molecule has 0 saturated heterocycles. The third-order valence-corrected chi connectivity index (χ3v) is 11.1. The molecule has 2 N–H and O–H groups in total. The smallest absolute Gasteiger partial charge is 0.305 e. The number of hydrogen-bond donors (Lipinski definition) is 2. The number of nitrogens with one attached hydrogen (secondary N) is 1. The largest absolute Gasteiger partial charge is 0.509 e. The Kier molecular flexibility index (Phi) is 10.4. The number of benzene rings is 1. The molecular weight excluding hydrogens is 668 g/mol. The van der Waals surface area contributed by atoms with E-state index in [-0.39, 0.29) is 30.5 Å². The van der Waals surface area contributed by atoms with Gasteiger partial charge in [-0.3, -0.25) is 9.59 Å². The molecule has 5 aliphatic heterocycles. The van der Waals surface area contributed by atoms with Crippen LogP contribution < -0.4 is 10.1 Å². The third-order valence-electron chi connectivity index (χ3n) is 11.1. The first-order valence-corrected chi connectivity index (χ1v) is 18.1. The lowest BCUT2D eigenvalue weighted by Gasteiger charge is -2.27. The summed E-state index contributed by atoms with van der Waals surface area (Å²) in [5.74, 6) is 0.321. The SMILES string of the molecule is CCC1=C(C)C2=NC1=CC1=NC(=CC3=NC(=CC4=C(O)C(C)(CC)C(=C2c2ccc(OC)cc2)N4)C(C)=C3CCC(=O)OC)C(CCC(=O)OC)=C1C. The summed E-state index contributed by atoms with van der Waals surface area (Å²) in [5.41, 5.74) is 12.6. The summed E-state index contributed by atoms with van der Waals surface area (Å²) in [5, 5.41) is 15.7. The Morgan fingerprint density at radius 1 is 0.755 bits per heavy atom. The van der Waals surface area contributed by atoms with Gasteiger partial charge < -0.3 is 24.6 Å². The molecule has 10 nitrogen and oxygen atoms in total. The lowest BCUT2D eigenvalue weighted by atomic mass is 9.78. The van der Waals surface area contributed by atoms with Crippen LogP contribution in [0, 0.1) is 5.41 Å². The standard InChI is InChI=1S/C43H48N4O6/c1-10-28-25(5)40-39(26-12-14-27(51-7)15-13-26)41-43(6,11-2)42(50)36(47-41)21-32-24(4)30(17-19-38(49)53-9)35(45-32)22-34-29(16-18-37(48)52-8)23(3)31(44-34)20-33(28)46-40/h12-15,20-22,47,50H,10-11,16-19H2,1-9H3. The number of fused-ring (bicyclic) bond motifs is 5. The van der Waals surface area contributed by atoms with Crippen LogP contribution in [0.25, 0.3) is 5.57 Å². The summed E-state index contributed by atoms with van der Waals surface area (Å²) >= 11 is 0. The van der Waals surface area contributed by atoms with Crippen molar-refractivity contribution in [3.8, 4) is 5.75 Å². The first kappa shape index (κ1) is 37.3. The average Bonchev–Trinajstić information content (AvgIpc) is 3.82. The Bertz CT molecular complexity index is 2150. The molecule has 10 heteroatoms. The minimum absolute atomic E-state index is 0.174. The van der Waals surface area contributed by atoms with Crippen molar-refractivity contribution in [2.75, 3.05) is 21.3 Å². The molecule has 0 aliphatic carbocycles. The summed E-state index contributed by atoms with van der Waals surface area (Å²) in [6, 6.07) is 7.93. The van der Waals surface area contributed by atoms with Crippen LogP contribution in [0.5, 0.6) is 5.75 Å². The minimum Gasteiger partial charge on any atom is -0.509 e. The Balaban J connectivity index is 1.67. The zero-order valence-electron chi connectivity index (χ0n) is 32.1. The number of carbonyl (C=O) groups excluding carboxylic acids is 2. The van der Waals surface area contributed by atoms with Crippen LogP contribution in [0.1, 0.15) is 85.6 Å². The zero-order valence-corrected chi connectivity index (χ0v) is 32.1. The number of rotatable bonds is 10. The van der Waals surface area contributed by atoms with E-state index in [1.54, 1.807) is 7.11 Å². The van der Waals surface area contributed by atoms with Gasteiger partial charge in [-0.15, -0.1) is 0 Å². The van der Waals surface area contributed by atoms with Gasteiger partial charge in [-0.05, 0) is 123 Å². The van der Waals surface area contributed by atoms with Crippen molar-refractivity contribution in [2.24, 2.45) is 20.4 Å². The molecule has 5 aliphatic rings. The van der Waals surface area contributed by atoms with E-state index < -0.39 is 5.41 Å². The van der Waals surface area contributed by atoms with Crippen LogP contribution in [0.3, 0.4) is 0 Å². The van der Waals surface area contributed by atoms with Crippen LogP contribution >= 0.6 is 0 Å². The molecule has 276 valence electrons. The highest BCUT2D eigenvalue weighted by Crippen LogP contribution is 2.49. The van der Waals surface area contributed by atoms with E-state index in [2.05, 4.69) is 33.0 Å². The molecule has 0 amide bonds. The number of aliphatic imine (C=N–C) groups is 3. The Labute approximate surface area is 311 Å². The van der Waals surface area contributed by atoms with Crippen LogP contribution in [0.2, 0.25) is 0 Å². The van der Waals surface area contributed by atoms with Crippen LogP contribution in [0.15, 0.2) is 125 Å². The molecule has 0 aromatic heterocycles. The van der Waals surface area contributed by atoms with Crippen molar-refractivity contribution in [3.05, 3.63) is 116 Å². The average molecular weight is 717 g/mol. The van der Waals surface area contributed by atoms with Crippen molar-refractivity contribution >= 4 is 34.6 Å². The van der Waals surface area contributed by atoms with Gasteiger partial charge in [-0.25, -0.2) is 15.0 Å². The predicted molar refractivity (Wildman–Crippen MR) is 209 cm³/mol. The van der Waals surface area contributed by atoms with Crippen molar-refractivity contribution in [1.29, 1.82) is 0 Å². The second-order valence-corrected chi connectivity index (χ2v) is 13.9. The number of nitrogens with zero attached hydrogens (tertiary/aromatic N) is 3. The van der Waals surface area contributed by atoms with Gasteiger partial charge in [0.25, 0.3) is 0 Å². The highest BCUT2D eigenvalue weighted by Gasteiger charge is 2.44. The lowest BCUT2D eigenvalue weighted by molar-refractivity contribution is -0.141. The Morgan fingerprint density at radius 3 is 1.96 bits per heavy atom.